The number of benzene rings is 1. The van der Waals surface area contributed by atoms with E-state index in [9.17, 15) is 0 Å². The monoisotopic (exact) mass is 166 g/mol. The molecule has 1 aromatic rings. The molecule has 0 bridgehead atoms. The third kappa shape index (κ3) is 1.98. The van der Waals surface area contributed by atoms with Gasteiger partial charge in [0.15, 0.2) is 0 Å². The first-order valence-corrected chi connectivity index (χ1v) is 3.80. The molecule has 3 heteroatoms. The summed E-state index contributed by atoms with van der Waals surface area (Å²) in [5.74, 6) is 0.0829. The number of nitrogens with two attached hydrogens (primary N) is 1. The molecular weight excluding hydrogens is 156 g/mol. The molecule has 0 aliphatic rings. The minimum atomic E-state index is -0.267. The van der Waals surface area contributed by atoms with Crippen molar-refractivity contribution >= 4 is 18.5 Å². The van der Waals surface area contributed by atoms with Crippen molar-refractivity contribution in [2.75, 3.05) is 0 Å². The lowest BCUT2D eigenvalue weighted by Crippen LogP contribution is -2.15. The van der Waals surface area contributed by atoms with Crippen molar-refractivity contribution in [1.29, 1.82) is 5.41 Å². The first kappa shape index (κ1) is 8.14. The van der Waals surface area contributed by atoms with Crippen LogP contribution >= 0.6 is 12.6 Å². The summed E-state index contributed by atoms with van der Waals surface area (Å²) in [6.45, 7) is 0. The molecule has 0 heterocycles. The zero-order chi connectivity index (χ0) is 8.27. The van der Waals surface area contributed by atoms with E-state index in [1.54, 1.807) is 0 Å². The molecule has 1 unspecified atom stereocenters. The van der Waals surface area contributed by atoms with Gasteiger partial charge in [-0.05, 0) is 5.56 Å². The van der Waals surface area contributed by atoms with Gasteiger partial charge in [-0.15, -0.1) is 0 Å². The molecule has 0 spiro atoms. The van der Waals surface area contributed by atoms with Crippen molar-refractivity contribution in [3.8, 4) is 0 Å². The van der Waals surface area contributed by atoms with Gasteiger partial charge in [0, 0.05) is 0 Å². The zero-order valence-electron chi connectivity index (χ0n) is 5.99. The Morgan fingerprint density at radius 2 is 1.91 bits per heavy atom. The van der Waals surface area contributed by atoms with E-state index >= 15 is 0 Å². The summed E-state index contributed by atoms with van der Waals surface area (Å²) in [7, 11) is 0. The molecule has 58 valence electrons. The van der Waals surface area contributed by atoms with Gasteiger partial charge in [0.2, 0.25) is 0 Å². The van der Waals surface area contributed by atoms with Crippen molar-refractivity contribution in [2.45, 2.75) is 5.25 Å². The minimum absolute atomic E-state index is 0.0829. The molecule has 1 rings (SSSR count). The highest BCUT2D eigenvalue weighted by Crippen LogP contribution is 2.17. The summed E-state index contributed by atoms with van der Waals surface area (Å²) in [5.41, 5.74) is 6.24. The number of nitrogens with one attached hydrogen (secondary N) is 1. The minimum Gasteiger partial charge on any atom is -0.386 e. The number of thiol groups is 1. The van der Waals surface area contributed by atoms with Gasteiger partial charge in [-0.3, -0.25) is 5.41 Å². The number of rotatable bonds is 2. The van der Waals surface area contributed by atoms with Crippen LogP contribution in [0.2, 0.25) is 0 Å². The molecule has 0 amide bonds. The molecule has 0 fully saturated rings. The maximum absolute atomic E-state index is 7.14. The van der Waals surface area contributed by atoms with Crippen molar-refractivity contribution in [1.82, 2.24) is 0 Å². The molecule has 0 saturated carbocycles. The van der Waals surface area contributed by atoms with Crippen LogP contribution in [-0.4, -0.2) is 5.84 Å². The van der Waals surface area contributed by atoms with E-state index in [4.69, 9.17) is 11.1 Å². The second-order valence-corrected chi connectivity index (χ2v) is 2.78. The number of amidine groups is 1. The average Bonchev–Trinajstić information content (AvgIpc) is 2.05. The van der Waals surface area contributed by atoms with E-state index in [1.807, 2.05) is 30.3 Å². The summed E-state index contributed by atoms with van der Waals surface area (Å²) in [4.78, 5) is 0. The predicted octanol–water partition coefficient (Wildman–Crippen LogP) is 1.59. The van der Waals surface area contributed by atoms with Crippen LogP contribution < -0.4 is 5.73 Å². The van der Waals surface area contributed by atoms with Gasteiger partial charge < -0.3 is 5.73 Å². The second-order valence-electron chi connectivity index (χ2n) is 2.27. The molecular formula is C8H10N2S. The summed E-state index contributed by atoms with van der Waals surface area (Å²) in [6.07, 6.45) is 0. The lowest BCUT2D eigenvalue weighted by atomic mass is 10.1. The standard InChI is InChI=1S/C8H10N2S/c9-8(10)7(11)6-4-2-1-3-5-6/h1-5,7,11H,(H3,9,10). The third-order valence-electron chi connectivity index (χ3n) is 1.41. The van der Waals surface area contributed by atoms with Crippen molar-refractivity contribution in [2.24, 2.45) is 5.73 Å². The van der Waals surface area contributed by atoms with Crippen LogP contribution in [-0.2, 0) is 0 Å². The van der Waals surface area contributed by atoms with E-state index < -0.39 is 0 Å². The summed E-state index contributed by atoms with van der Waals surface area (Å²) in [6, 6.07) is 9.53. The molecule has 11 heavy (non-hydrogen) atoms. The molecule has 0 saturated heterocycles. The van der Waals surface area contributed by atoms with Gasteiger partial charge in [-0.1, -0.05) is 30.3 Å². The van der Waals surface area contributed by atoms with E-state index in [1.165, 1.54) is 0 Å². The Hall–Kier alpha value is -0.960. The lowest BCUT2D eigenvalue weighted by molar-refractivity contribution is 1.23. The molecule has 0 aliphatic carbocycles. The zero-order valence-corrected chi connectivity index (χ0v) is 6.88. The van der Waals surface area contributed by atoms with Crippen molar-refractivity contribution in [3.05, 3.63) is 35.9 Å². The maximum Gasteiger partial charge on any atom is 0.108 e. The topological polar surface area (TPSA) is 49.9 Å². The van der Waals surface area contributed by atoms with Gasteiger partial charge in [0.1, 0.15) is 5.84 Å². The van der Waals surface area contributed by atoms with Crippen molar-refractivity contribution < 1.29 is 0 Å². The molecule has 3 N–H and O–H groups in total. The van der Waals surface area contributed by atoms with Gasteiger partial charge in [0.05, 0.1) is 5.25 Å². The van der Waals surface area contributed by atoms with E-state index in [0.717, 1.165) is 5.56 Å². The fourth-order valence-electron chi connectivity index (χ4n) is 0.815. The maximum atomic E-state index is 7.14. The molecule has 0 radical (unpaired) electrons. The van der Waals surface area contributed by atoms with Crippen LogP contribution in [0.1, 0.15) is 10.8 Å². The summed E-state index contributed by atoms with van der Waals surface area (Å²) >= 11 is 4.16. The highest BCUT2D eigenvalue weighted by Gasteiger charge is 2.07. The number of hydrogen-bond donors (Lipinski definition) is 3. The normalized spacial score (nSPS) is 12.5. The van der Waals surface area contributed by atoms with Crippen molar-refractivity contribution in [3.63, 3.8) is 0 Å². The number of hydrogen-bond acceptors (Lipinski definition) is 2. The van der Waals surface area contributed by atoms with Crippen LogP contribution in [0, 0.1) is 5.41 Å². The smallest absolute Gasteiger partial charge is 0.108 e. The highest BCUT2D eigenvalue weighted by molar-refractivity contribution is 7.81. The average molecular weight is 166 g/mol. The fraction of sp³-hybridized carbons (Fsp3) is 0.125. The Kier molecular flexibility index (Phi) is 2.54. The predicted molar refractivity (Wildman–Crippen MR) is 50.1 cm³/mol. The molecule has 0 aromatic heterocycles. The highest BCUT2D eigenvalue weighted by atomic mass is 32.1. The summed E-state index contributed by atoms with van der Waals surface area (Å²) < 4.78 is 0. The van der Waals surface area contributed by atoms with Crippen LogP contribution in [0.4, 0.5) is 0 Å². The summed E-state index contributed by atoms with van der Waals surface area (Å²) in [5, 5.41) is 6.87. The fourth-order valence-corrected chi connectivity index (χ4v) is 0.987. The largest absolute Gasteiger partial charge is 0.386 e. The lowest BCUT2D eigenvalue weighted by Gasteiger charge is -2.07. The van der Waals surface area contributed by atoms with Gasteiger partial charge in [-0.2, -0.15) is 12.6 Å². The Morgan fingerprint density at radius 3 is 2.36 bits per heavy atom. The Labute approximate surface area is 71.3 Å². The van der Waals surface area contributed by atoms with Crippen LogP contribution in [0.15, 0.2) is 30.3 Å². The van der Waals surface area contributed by atoms with Crippen LogP contribution in [0.3, 0.4) is 0 Å². The molecule has 2 nitrogen and oxygen atoms in total. The van der Waals surface area contributed by atoms with Gasteiger partial charge in [0.25, 0.3) is 0 Å². The first-order chi connectivity index (χ1) is 5.22. The quantitative estimate of drug-likeness (QED) is 0.349. The van der Waals surface area contributed by atoms with Crippen LogP contribution in [0.5, 0.6) is 0 Å². The van der Waals surface area contributed by atoms with E-state index in [-0.39, 0.29) is 11.1 Å². The molecule has 1 atom stereocenters. The third-order valence-corrected chi connectivity index (χ3v) is 1.99. The van der Waals surface area contributed by atoms with Gasteiger partial charge in [-0.25, -0.2) is 0 Å². The van der Waals surface area contributed by atoms with E-state index in [0.29, 0.717) is 0 Å². The Morgan fingerprint density at radius 1 is 1.36 bits per heavy atom. The van der Waals surface area contributed by atoms with Gasteiger partial charge >= 0.3 is 0 Å². The molecule has 0 aliphatic heterocycles. The Bertz CT molecular complexity index is 246. The SMILES string of the molecule is N=C(N)C(S)c1ccccc1. The second kappa shape index (κ2) is 3.44. The van der Waals surface area contributed by atoms with Crippen LogP contribution in [0.25, 0.3) is 0 Å². The molecule has 1 aromatic carbocycles. The Balaban J connectivity index is 2.85. The first-order valence-electron chi connectivity index (χ1n) is 3.28. The van der Waals surface area contributed by atoms with E-state index in [2.05, 4.69) is 12.6 Å².